The molecule has 1 heterocycles. The highest BCUT2D eigenvalue weighted by Crippen LogP contribution is 2.31. The van der Waals surface area contributed by atoms with Crippen LogP contribution in [0.1, 0.15) is 29.2 Å². The average molecular weight is 295 g/mol. The highest BCUT2D eigenvalue weighted by Gasteiger charge is 2.25. The van der Waals surface area contributed by atoms with E-state index in [9.17, 15) is 9.18 Å². The van der Waals surface area contributed by atoms with Gasteiger partial charge in [-0.25, -0.2) is 14.2 Å². The van der Waals surface area contributed by atoms with Crippen LogP contribution in [0.4, 0.5) is 15.8 Å². The minimum Gasteiger partial charge on any atom is -0.478 e. The van der Waals surface area contributed by atoms with Crippen LogP contribution in [0.25, 0.3) is 0 Å². The molecule has 0 fully saturated rings. The second kappa shape index (κ2) is 5.09. The first kappa shape index (κ1) is 14.3. The van der Waals surface area contributed by atoms with Crippen molar-refractivity contribution in [2.24, 2.45) is 0 Å². The van der Waals surface area contributed by atoms with Crippen LogP contribution >= 0.6 is 11.3 Å². The van der Waals surface area contributed by atoms with E-state index in [4.69, 9.17) is 10.8 Å². The van der Waals surface area contributed by atoms with Crippen LogP contribution in [0.3, 0.4) is 0 Å². The average Bonchev–Trinajstić information content (AvgIpc) is 2.87. The Morgan fingerprint density at radius 3 is 2.75 bits per heavy atom. The van der Waals surface area contributed by atoms with Gasteiger partial charge in [0.2, 0.25) is 0 Å². The van der Waals surface area contributed by atoms with Crippen molar-refractivity contribution in [3.05, 3.63) is 40.1 Å². The number of carboxylic acid groups (broad SMARTS) is 1. The molecule has 1 aromatic carbocycles. The number of carbonyl (C=O) groups is 1. The molecule has 0 unspecified atom stereocenters. The summed E-state index contributed by atoms with van der Waals surface area (Å²) < 4.78 is 13.7. The smallest absolute Gasteiger partial charge is 0.338 e. The van der Waals surface area contributed by atoms with E-state index in [1.54, 1.807) is 6.20 Å². The molecular formula is C13H14FN3O2S. The van der Waals surface area contributed by atoms with E-state index in [-0.39, 0.29) is 5.69 Å². The standard InChI is InChI=1S/C13H14FN3O2S/c1-13(2,12-16-3-4-20-12)17-10-6-8(14)7(11(18)19)5-9(10)15/h3-6,17H,15H2,1-2H3,(H,18,19). The van der Waals surface area contributed by atoms with E-state index in [2.05, 4.69) is 10.3 Å². The molecule has 5 nitrogen and oxygen atoms in total. The Morgan fingerprint density at radius 2 is 2.20 bits per heavy atom. The zero-order chi connectivity index (χ0) is 14.9. The zero-order valence-electron chi connectivity index (χ0n) is 11.0. The van der Waals surface area contributed by atoms with Crippen molar-refractivity contribution >= 4 is 28.7 Å². The molecule has 2 aromatic rings. The Morgan fingerprint density at radius 1 is 1.50 bits per heavy atom. The van der Waals surface area contributed by atoms with Crippen LogP contribution < -0.4 is 11.1 Å². The summed E-state index contributed by atoms with van der Waals surface area (Å²) in [5.41, 5.74) is 5.31. The van der Waals surface area contributed by atoms with Crippen LogP contribution in [0, 0.1) is 5.82 Å². The number of nitrogens with zero attached hydrogens (tertiary/aromatic N) is 1. The molecule has 0 saturated heterocycles. The molecule has 0 spiro atoms. The monoisotopic (exact) mass is 295 g/mol. The van der Waals surface area contributed by atoms with Gasteiger partial charge in [-0.2, -0.15) is 0 Å². The fourth-order valence-electron chi connectivity index (χ4n) is 1.78. The number of hydrogen-bond donors (Lipinski definition) is 3. The summed E-state index contributed by atoms with van der Waals surface area (Å²) in [6.07, 6.45) is 1.68. The topological polar surface area (TPSA) is 88.2 Å². The summed E-state index contributed by atoms with van der Waals surface area (Å²) >= 11 is 1.46. The van der Waals surface area contributed by atoms with Crippen molar-refractivity contribution in [3.8, 4) is 0 Å². The zero-order valence-corrected chi connectivity index (χ0v) is 11.8. The first-order valence-corrected chi connectivity index (χ1v) is 6.69. The Labute approximate surface area is 119 Å². The molecule has 7 heteroatoms. The number of carboxylic acids is 1. The lowest BCUT2D eigenvalue weighted by Crippen LogP contribution is -2.28. The van der Waals surface area contributed by atoms with Crippen LogP contribution in [0.5, 0.6) is 0 Å². The maximum Gasteiger partial charge on any atom is 0.338 e. The minimum atomic E-state index is -1.35. The first-order valence-electron chi connectivity index (χ1n) is 5.82. The number of aromatic nitrogens is 1. The normalized spacial score (nSPS) is 11.3. The van der Waals surface area contributed by atoms with Gasteiger partial charge in [-0.05, 0) is 26.0 Å². The van der Waals surface area contributed by atoms with Gasteiger partial charge in [-0.15, -0.1) is 11.3 Å². The molecule has 0 radical (unpaired) electrons. The van der Waals surface area contributed by atoms with E-state index in [0.29, 0.717) is 5.69 Å². The number of thiazole rings is 1. The van der Waals surface area contributed by atoms with E-state index in [0.717, 1.165) is 17.1 Å². The number of benzene rings is 1. The third kappa shape index (κ3) is 2.72. The minimum absolute atomic E-state index is 0.174. The second-order valence-corrected chi connectivity index (χ2v) is 5.71. The van der Waals surface area contributed by atoms with Gasteiger partial charge in [-0.1, -0.05) is 0 Å². The first-order chi connectivity index (χ1) is 9.31. The quantitative estimate of drug-likeness (QED) is 0.755. The van der Waals surface area contributed by atoms with Gasteiger partial charge in [0, 0.05) is 11.6 Å². The largest absolute Gasteiger partial charge is 0.478 e. The number of nitrogens with two attached hydrogens (primary N) is 1. The molecule has 0 amide bonds. The number of halogens is 1. The van der Waals surface area contributed by atoms with Gasteiger partial charge in [0.1, 0.15) is 10.8 Å². The number of nitrogen functional groups attached to an aromatic ring is 1. The number of aromatic carboxylic acids is 1. The molecule has 0 aliphatic heterocycles. The second-order valence-electron chi connectivity index (χ2n) is 4.81. The van der Waals surface area contributed by atoms with Crippen molar-refractivity contribution < 1.29 is 14.3 Å². The molecule has 1 aromatic heterocycles. The molecule has 4 N–H and O–H groups in total. The number of nitrogens with one attached hydrogen (secondary N) is 1. The Balaban J connectivity index is 2.35. The molecule has 106 valence electrons. The van der Waals surface area contributed by atoms with Gasteiger partial charge < -0.3 is 16.2 Å². The number of anilines is 2. The van der Waals surface area contributed by atoms with E-state index >= 15 is 0 Å². The molecule has 0 aliphatic rings. The van der Waals surface area contributed by atoms with Crippen molar-refractivity contribution in [1.29, 1.82) is 0 Å². The van der Waals surface area contributed by atoms with Gasteiger partial charge >= 0.3 is 5.97 Å². The van der Waals surface area contributed by atoms with E-state index < -0.39 is 22.9 Å². The lowest BCUT2D eigenvalue weighted by atomic mass is 10.0. The van der Waals surface area contributed by atoms with Crippen molar-refractivity contribution in [1.82, 2.24) is 4.98 Å². The summed E-state index contributed by atoms with van der Waals surface area (Å²) in [6, 6.07) is 2.20. The molecule has 0 atom stereocenters. The van der Waals surface area contributed by atoms with Crippen molar-refractivity contribution in [2.45, 2.75) is 19.4 Å². The van der Waals surface area contributed by atoms with Crippen molar-refractivity contribution in [3.63, 3.8) is 0 Å². The maximum absolute atomic E-state index is 13.7. The highest BCUT2D eigenvalue weighted by molar-refractivity contribution is 7.09. The number of hydrogen-bond acceptors (Lipinski definition) is 5. The van der Waals surface area contributed by atoms with Gasteiger partial charge in [0.25, 0.3) is 0 Å². The predicted octanol–water partition coefficient (Wildman–Crippen LogP) is 2.91. The third-order valence-corrected chi connectivity index (χ3v) is 3.88. The predicted molar refractivity (Wildman–Crippen MR) is 76.5 cm³/mol. The lowest BCUT2D eigenvalue weighted by Gasteiger charge is -2.26. The molecular weight excluding hydrogens is 281 g/mol. The molecule has 0 saturated carbocycles. The van der Waals surface area contributed by atoms with Gasteiger partial charge in [-0.3, -0.25) is 0 Å². The maximum atomic E-state index is 13.7. The fourth-order valence-corrected chi connectivity index (χ4v) is 2.50. The highest BCUT2D eigenvalue weighted by atomic mass is 32.1. The molecule has 20 heavy (non-hydrogen) atoms. The van der Waals surface area contributed by atoms with Crippen LogP contribution in [-0.2, 0) is 5.54 Å². The summed E-state index contributed by atoms with van der Waals surface area (Å²) in [5, 5.41) is 14.6. The van der Waals surface area contributed by atoms with E-state index in [1.165, 1.54) is 11.3 Å². The Hall–Kier alpha value is -2.15. The van der Waals surface area contributed by atoms with Crippen molar-refractivity contribution in [2.75, 3.05) is 11.1 Å². The number of rotatable bonds is 4. The lowest BCUT2D eigenvalue weighted by molar-refractivity contribution is 0.0692. The molecule has 0 bridgehead atoms. The molecule has 2 rings (SSSR count). The Bertz CT molecular complexity index is 641. The fraction of sp³-hybridized carbons (Fsp3) is 0.231. The van der Waals surface area contributed by atoms with Crippen LogP contribution in [0.15, 0.2) is 23.7 Å². The third-order valence-electron chi connectivity index (χ3n) is 2.78. The van der Waals surface area contributed by atoms with Gasteiger partial charge in [0.05, 0.1) is 22.5 Å². The van der Waals surface area contributed by atoms with Gasteiger partial charge in [0.15, 0.2) is 0 Å². The summed E-state index contributed by atoms with van der Waals surface area (Å²) in [7, 11) is 0. The SMILES string of the molecule is CC(C)(Nc1cc(F)c(C(=O)O)cc1N)c1nccs1. The Kier molecular flexibility index (Phi) is 3.63. The summed E-state index contributed by atoms with van der Waals surface area (Å²) in [6.45, 7) is 3.77. The summed E-state index contributed by atoms with van der Waals surface area (Å²) in [4.78, 5) is 15.0. The summed E-state index contributed by atoms with van der Waals surface area (Å²) in [5.74, 6) is -2.18. The van der Waals surface area contributed by atoms with E-state index in [1.807, 2.05) is 19.2 Å². The molecule has 0 aliphatic carbocycles. The van der Waals surface area contributed by atoms with Crippen LogP contribution in [0.2, 0.25) is 0 Å². The van der Waals surface area contributed by atoms with Crippen LogP contribution in [-0.4, -0.2) is 16.1 Å².